The molecule has 2 aromatic heterocycles. The fourth-order valence-electron chi connectivity index (χ4n) is 2.47. The molecule has 0 saturated heterocycles. The van der Waals surface area contributed by atoms with E-state index >= 15 is 0 Å². The van der Waals surface area contributed by atoms with Gasteiger partial charge in [0.05, 0.1) is 6.20 Å². The zero-order valence-corrected chi connectivity index (χ0v) is 13.9. The largest absolute Gasteiger partial charge is 0.488 e. The number of fused-ring (bicyclic) bond motifs is 1. The fourth-order valence-corrected chi connectivity index (χ4v) is 2.47. The Balaban J connectivity index is 1.87. The molecule has 0 fully saturated rings. The minimum absolute atomic E-state index is 0.223. The van der Waals surface area contributed by atoms with Gasteiger partial charge in [0, 0.05) is 19.5 Å². The van der Waals surface area contributed by atoms with Crippen molar-refractivity contribution in [1.82, 2.24) is 19.7 Å². The van der Waals surface area contributed by atoms with Gasteiger partial charge in [-0.3, -0.25) is 4.68 Å². The fraction of sp³-hybridized carbons (Fsp3) is 0.312. The van der Waals surface area contributed by atoms with Crippen LogP contribution in [0.3, 0.4) is 0 Å². The van der Waals surface area contributed by atoms with Crippen molar-refractivity contribution in [2.75, 3.05) is 5.32 Å². The van der Waals surface area contributed by atoms with Gasteiger partial charge in [0.2, 0.25) is 0 Å². The average Bonchev–Trinajstić information content (AvgIpc) is 2.94. The second kappa shape index (κ2) is 6.58. The summed E-state index contributed by atoms with van der Waals surface area (Å²) in [5.41, 5.74) is 3.16. The van der Waals surface area contributed by atoms with E-state index in [1.54, 1.807) is 23.0 Å². The molecule has 0 radical (unpaired) electrons. The smallest absolute Gasteiger partial charge is 0.423 e. The van der Waals surface area contributed by atoms with Crippen molar-refractivity contribution in [3.63, 3.8) is 0 Å². The van der Waals surface area contributed by atoms with Crippen LogP contribution in [-0.2, 0) is 13.6 Å². The van der Waals surface area contributed by atoms with Crippen LogP contribution in [0.25, 0.3) is 11.0 Å². The van der Waals surface area contributed by atoms with E-state index in [0.717, 1.165) is 28.2 Å². The molecule has 0 saturated carbocycles. The van der Waals surface area contributed by atoms with Crippen LogP contribution >= 0.6 is 0 Å². The third kappa shape index (κ3) is 3.24. The Morgan fingerprint density at radius 3 is 2.50 bits per heavy atom. The van der Waals surface area contributed by atoms with Crippen molar-refractivity contribution in [2.45, 2.75) is 26.3 Å². The molecule has 0 aliphatic carbocycles. The van der Waals surface area contributed by atoms with Crippen LogP contribution < -0.4 is 10.8 Å². The number of aryl methyl sites for hydroxylation is 1. The molecule has 3 rings (SSSR count). The second-order valence-corrected chi connectivity index (χ2v) is 6.06. The molecule has 0 unspecified atom stereocenters. The molecular formula is C16H20BN5O2. The molecule has 0 spiro atoms. The van der Waals surface area contributed by atoms with E-state index < -0.39 is 7.12 Å². The van der Waals surface area contributed by atoms with Crippen molar-refractivity contribution in [3.8, 4) is 0 Å². The summed E-state index contributed by atoms with van der Waals surface area (Å²) in [5, 5.41) is 25.9. The number of rotatable bonds is 5. The number of hydrogen-bond acceptors (Lipinski definition) is 6. The summed E-state index contributed by atoms with van der Waals surface area (Å²) < 4.78 is 1.76. The summed E-state index contributed by atoms with van der Waals surface area (Å²) in [7, 11) is 0.417. The Hall–Kier alpha value is -2.45. The zero-order chi connectivity index (χ0) is 17.3. The molecule has 0 aliphatic rings. The highest BCUT2D eigenvalue weighted by atomic mass is 16.4. The van der Waals surface area contributed by atoms with Crippen LogP contribution in [0.5, 0.6) is 0 Å². The first-order chi connectivity index (χ1) is 11.5. The SMILES string of the molecule is CC(C)c1nc(NCc2ccc(B(O)O)cc2)c2c(cnn2C)n1. The maximum absolute atomic E-state index is 9.14. The summed E-state index contributed by atoms with van der Waals surface area (Å²) in [6, 6.07) is 7.10. The molecule has 3 aromatic rings. The van der Waals surface area contributed by atoms with Crippen LogP contribution in [0.2, 0.25) is 0 Å². The first-order valence-corrected chi connectivity index (χ1v) is 7.84. The number of benzene rings is 1. The lowest BCUT2D eigenvalue weighted by molar-refractivity contribution is 0.426. The minimum Gasteiger partial charge on any atom is -0.423 e. The van der Waals surface area contributed by atoms with Gasteiger partial charge >= 0.3 is 7.12 Å². The van der Waals surface area contributed by atoms with Crippen LogP contribution in [0.4, 0.5) is 5.82 Å². The van der Waals surface area contributed by atoms with Crippen LogP contribution in [0, 0.1) is 0 Å². The Labute approximate surface area is 140 Å². The molecule has 8 heteroatoms. The Kier molecular flexibility index (Phi) is 4.50. The highest BCUT2D eigenvalue weighted by Crippen LogP contribution is 2.22. The molecule has 0 aliphatic heterocycles. The third-order valence-electron chi connectivity index (χ3n) is 3.86. The van der Waals surface area contributed by atoms with Gasteiger partial charge in [-0.1, -0.05) is 38.1 Å². The van der Waals surface area contributed by atoms with Crippen molar-refractivity contribution >= 4 is 29.4 Å². The van der Waals surface area contributed by atoms with Gasteiger partial charge in [-0.05, 0) is 11.0 Å². The maximum atomic E-state index is 9.14. The lowest BCUT2D eigenvalue weighted by Crippen LogP contribution is -2.29. The predicted molar refractivity (Wildman–Crippen MR) is 94.0 cm³/mol. The molecule has 124 valence electrons. The molecular weight excluding hydrogens is 305 g/mol. The van der Waals surface area contributed by atoms with E-state index in [9.17, 15) is 0 Å². The van der Waals surface area contributed by atoms with Crippen molar-refractivity contribution < 1.29 is 10.0 Å². The Morgan fingerprint density at radius 2 is 1.88 bits per heavy atom. The number of nitrogens with zero attached hydrogens (tertiary/aromatic N) is 4. The number of anilines is 1. The quantitative estimate of drug-likeness (QED) is 0.600. The summed E-state index contributed by atoms with van der Waals surface area (Å²) in [5.74, 6) is 1.74. The van der Waals surface area contributed by atoms with E-state index in [1.165, 1.54) is 0 Å². The second-order valence-electron chi connectivity index (χ2n) is 6.06. The molecule has 0 bridgehead atoms. The molecule has 7 nitrogen and oxygen atoms in total. The van der Waals surface area contributed by atoms with Gasteiger partial charge in [-0.25, -0.2) is 9.97 Å². The average molecular weight is 325 g/mol. The van der Waals surface area contributed by atoms with E-state index in [0.29, 0.717) is 12.0 Å². The highest BCUT2D eigenvalue weighted by Gasteiger charge is 2.14. The number of nitrogens with one attached hydrogen (secondary N) is 1. The zero-order valence-electron chi connectivity index (χ0n) is 13.9. The molecule has 1 aromatic carbocycles. The van der Waals surface area contributed by atoms with Crippen molar-refractivity contribution in [1.29, 1.82) is 0 Å². The van der Waals surface area contributed by atoms with Gasteiger partial charge in [0.15, 0.2) is 5.82 Å². The number of aromatic nitrogens is 4. The molecule has 2 heterocycles. The van der Waals surface area contributed by atoms with Gasteiger partial charge < -0.3 is 15.4 Å². The Morgan fingerprint density at radius 1 is 1.17 bits per heavy atom. The maximum Gasteiger partial charge on any atom is 0.488 e. The number of hydrogen-bond donors (Lipinski definition) is 3. The van der Waals surface area contributed by atoms with Crippen LogP contribution in [0.1, 0.15) is 31.2 Å². The van der Waals surface area contributed by atoms with Crippen LogP contribution in [-0.4, -0.2) is 36.9 Å². The molecule has 3 N–H and O–H groups in total. The highest BCUT2D eigenvalue weighted by molar-refractivity contribution is 6.58. The van der Waals surface area contributed by atoms with E-state index in [4.69, 9.17) is 10.0 Å². The Bertz CT molecular complexity index is 846. The van der Waals surface area contributed by atoms with E-state index in [-0.39, 0.29) is 5.92 Å². The summed E-state index contributed by atoms with van der Waals surface area (Å²) in [6.45, 7) is 4.68. The first kappa shape index (κ1) is 16.4. The van der Waals surface area contributed by atoms with Gasteiger partial charge in [0.1, 0.15) is 16.9 Å². The summed E-state index contributed by atoms with van der Waals surface area (Å²) in [4.78, 5) is 9.18. The van der Waals surface area contributed by atoms with Gasteiger partial charge in [0.25, 0.3) is 0 Å². The molecule has 0 amide bonds. The van der Waals surface area contributed by atoms with Gasteiger partial charge in [-0.15, -0.1) is 0 Å². The summed E-state index contributed by atoms with van der Waals surface area (Å²) >= 11 is 0. The minimum atomic E-state index is -1.45. The van der Waals surface area contributed by atoms with Gasteiger partial charge in [-0.2, -0.15) is 5.10 Å². The van der Waals surface area contributed by atoms with Crippen molar-refractivity contribution in [3.05, 3.63) is 41.9 Å². The third-order valence-corrected chi connectivity index (χ3v) is 3.86. The van der Waals surface area contributed by atoms with Crippen molar-refractivity contribution in [2.24, 2.45) is 7.05 Å². The topological polar surface area (TPSA) is 96.1 Å². The summed E-state index contributed by atoms with van der Waals surface area (Å²) in [6.07, 6.45) is 1.74. The lowest BCUT2D eigenvalue weighted by Gasteiger charge is -2.11. The van der Waals surface area contributed by atoms with E-state index in [2.05, 4.69) is 34.2 Å². The predicted octanol–water partition coefficient (Wildman–Crippen LogP) is 0.779. The first-order valence-electron chi connectivity index (χ1n) is 7.84. The van der Waals surface area contributed by atoms with E-state index in [1.807, 2.05) is 19.2 Å². The molecule has 24 heavy (non-hydrogen) atoms. The standard InChI is InChI=1S/C16H20BN5O2/c1-10(2)15-20-13-9-19-22(3)14(13)16(21-15)18-8-11-4-6-12(7-5-11)17(23)24/h4-7,9-10,23-24H,8H2,1-3H3,(H,18,20,21). The monoisotopic (exact) mass is 325 g/mol. The van der Waals surface area contributed by atoms with Crippen LogP contribution in [0.15, 0.2) is 30.5 Å². The normalized spacial score (nSPS) is 11.2. The lowest BCUT2D eigenvalue weighted by atomic mass is 9.80. The molecule has 0 atom stereocenters.